The van der Waals surface area contributed by atoms with Crippen molar-refractivity contribution in [2.24, 2.45) is 0 Å². The van der Waals surface area contributed by atoms with Gasteiger partial charge in [-0.15, -0.1) is 0 Å². The van der Waals surface area contributed by atoms with Crippen molar-refractivity contribution in [3.05, 3.63) is 11.7 Å². The van der Waals surface area contributed by atoms with E-state index in [-0.39, 0.29) is 12.0 Å². The number of aliphatic hydroxyl groups excluding tert-OH is 1. The first-order valence-corrected chi connectivity index (χ1v) is 8.04. The maximum atomic E-state index is 10.2. The zero-order valence-corrected chi connectivity index (χ0v) is 14.2. The fourth-order valence-electron chi connectivity index (χ4n) is 2.62. The molecule has 1 aliphatic heterocycles. The highest BCUT2D eigenvalue weighted by molar-refractivity contribution is 4.90. The van der Waals surface area contributed by atoms with Gasteiger partial charge in [0.05, 0.1) is 12.6 Å². The molecule has 1 fully saturated rings. The lowest BCUT2D eigenvalue weighted by Gasteiger charge is -2.34. The quantitative estimate of drug-likeness (QED) is 0.773. The fourth-order valence-corrected chi connectivity index (χ4v) is 2.62. The van der Waals surface area contributed by atoms with Crippen molar-refractivity contribution in [2.75, 3.05) is 53.4 Å². The van der Waals surface area contributed by atoms with Gasteiger partial charge in [-0.1, -0.05) is 19.0 Å². The van der Waals surface area contributed by atoms with E-state index in [0.717, 1.165) is 32.7 Å². The van der Waals surface area contributed by atoms with E-state index in [1.807, 2.05) is 25.8 Å². The highest BCUT2D eigenvalue weighted by atomic mass is 16.5. The van der Waals surface area contributed by atoms with Crippen LogP contribution < -0.4 is 0 Å². The van der Waals surface area contributed by atoms with Gasteiger partial charge in [0, 0.05) is 45.2 Å². The molecule has 1 unspecified atom stereocenters. The summed E-state index contributed by atoms with van der Waals surface area (Å²) in [5, 5.41) is 14.2. The summed E-state index contributed by atoms with van der Waals surface area (Å²) in [7, 11) is 4.11. The summed E-state index contributed by atoms with van der Waals surface area (Å²) in [6.07, 6.45) is -0.357. The molecular weight excluding hydrogens is 282 g/mol. The number of piperazine rings is 1. The number of nitrogens with zero attached hydrogens (tertiary/aromatic N) is 5. The van der Waals surface area contributed by atoms with Crippen LogP contribution >= 0.6 is 0 Å². The molecule has 0 amide bonds. The summed E-state index contributed by atoms with van der Waals surface area (Å²) in [5.41, 5.74) is 0. The van der Waals surface area contributed by atoms with Crippen molar-refractivity contribution in [1.82, 2.24) is 24.8 Å². The van der Waals surface area contributed by atoms with Crippen LogP contribution in [0, 0.1) is 0 Å². The Balaban J connectivity index is 1.72. The summed E-state index contributed by atoms with van der Waals surface area (Å²) < 4.78 is 5.20. The Hall–Kier alpha value is -1.02. The second-order valence-electron chi connectivity index (χ2n) is 6.66. The van der Waals surface area contributed by atoms with Crippen molar-refractivity contribution in [3.8, 4) is 0 Å². The molecule has 1 aromatic heterocycles. The van der Waals surface area contributed by atoms with Crippen LogP contribution in [0.25, 0.3) is 0 Å². The molecule has 7 heteroatoms. The summed E-state index contributed by atoms with van der Waals surface area (Å²) in [6.45, 7) is 10.2. The van der Waals surface area contributed by atoms with E-state index in [1.165, 1.54) is 0 Å². The molecule has 1 aromatic rings. The highest BCUT2D eigenvalue weighted by Gasteiger charge is 2.19. The third-order valence-electron chi connectivity index (χ3n) is 3.98. The minimum absolute atomic E-state index is 0.245. The van der Waals surface area contributed by atoms with Crippen molar-refractivity contribution >= 4 is 0 Å². The van der Waals surface area contributed by atoms with Crippen LogP contribution in [0.3, 0.4) is 0 Å². The second-order valence-corrected chi connectivity index (χ2v) is 6.66. The Bertz CT molecular complexity index is 443. The molecule has 2 rings (SSSR count). The Kier molecular flexibility index (Phi) is 6.31. The van der Waals surface area contributed by atoms with E-state index in [2.05, 4.69) is 27.0 Å². The van der Waals surface area contributed by atoms with E-state index in [9.17, 15) is 5.11 Å². The van der Waals surface area contributed by atoms with Crippen molar-refractivity contribution < 1.29 is 9.63 Å². The average molecular weight is 311 g/mol. The van der Waals surface area contributed by atoms with Gasteiger partial charge in [0.15, 0.2) is 5.82 Å². The minimum atomic E-state index is -0.357. The van der Waals surface area contributed by atoms with Crippen molar-refractivity contribution in [1.29, 1.82) is 0 Å². The van der Waals surface area contributed by atoms with Crippen LogP contribution in [0.15, 0.2) is 4.52 Å². The first-order chi connectivity index (χ1) is 10.4. The largest absolute Gasteiger partial charge is 0.390 e. The molecule has 1 atom stereocenters. The Morgan fingerprint density at radius 2 is 1.95 bits per heavy atom. The predicted octanol–water partition coefficient (Wildman–Crippen LogP) is 0.233. The molecule has 0 saturated carbocycles. The van der Waals surface area contributed by atoms with Gasteiger partial charge in [-0.3, -0.25) is 9.80 Å². The summed E-state index contributed by atoms with van der Waals surface area (Å²) >= 11 is 0. The van der Waals surface area contributed by atoms with Crippen molar-refractivity contribution in [3.63, 3.8) is 0 Å². The molecule has 0 aliphatic carbocycles. The number of aromatic nitrogens is 2. The molecule has 1 saturated heterocycles. The van der Waals surface area contributed by atoms with Crippen LogP contribution in [0.5, 0.6) is 0 Å². The number of hydrogen-bond donors (Lipinski definition) is 1. The molecule has 126 valence electrons. The molecular formula is C15H29N5O2. The third-order valence-corrected chi connectivity index (χ3v) is 3.98. The summed E-state index contributed by atoms with van der Waals surface area (Å²) in [6, 6.07) is 0. The van der Waals surface area contributed by atoms with Gasteiger partial charge in [0.25, 0.3) is 0 Å². The second kappa shape index (κ2) is 8.01. The minimum Gasteiger partial charge on any atom is -0.390 e. The van der Waals surface area contributed by atoms with E-state index < -0.39 is 0 Å². The number of likely N-dealkylation sites (N-methyl/N-ethyl adjacent to an activating group) is 2. The topological polar surface area (TPSA) is 68.9 Å². The standard InChI is InChI=1S/C15H29N5O2/c1-12(2)15-16-14(17-22-15)11-19(4)9-13(21)10-20-7-5-18(3)6-8-20/h12-13,21H,5-11H2,1-4H3. The molecule has 2 heterocycles. The zero-order valence-electron chi connectivity index (χ0n) is 14.2. The van der Waals surface area contributed by atoms with Crippen LogP contribution in [0.2, 0.25) is 0 Å². The van der Waals surface area contributed by atoms with E-state index in [1.54, 1.807) is 0 Å². The van der Waals surface area contributed by atoms with E-state index >= 15 is 0 Å². The lowest BCUT2D eigenvalue weighted by Crippen LogP contribution is -2.48. The predicted molar refractivity (Wildman–Crippen MR) is 84.7 cm³/mol. The van der Waals surface area contributed by atoms with Crippen LogP contribution in [-0.4, -0.2) is 89.4 Å². The smallest absolute Gasteiger partial charge is 0.229 e. The number of hydrogen-bond acceptors (Lipinski definition) is 7. The van der Waals surface area contributed by atoms with Gasteiger partial charge in [-0.05, 0) is 14.1 Å². The fraction of sp³-hybridized carbons (Fsp3) is 0.867. The van der Waals surface area contributed by atoms with Gasteiger partial charge in [0.2, 0.25) is 5.89 Å². The first kappa shape index (κ1) is 17.3. The van der Waals surface area contributed by atoms with E-state index in [4.69, 9.17) is 4.52 Å². The van der Waals surface area contributed by atoms with Crippen LogP contribution in [-0.2, 0) is 6.54 Å². The molecule has 0 radical (unpaired) electrons. The van der Waals surface area contributed by atoms with Crippen LogP contribution in [0.1, 0.15) is 31.5 Å². The number of aliphatic hydroxyl groups is 1. The van der Waals surface area contributed by atoms with Gasteiger partial charge in [-0.25, -0.2) is 0 Å². The maximum Gasteiger partial charge on any atom is 0.229 e. The Morgan fingerprint density at radius 1 is 1.27 bits per heavy atom. The van der Waals surface area contributed by atoms with Gasteiger partial charge in [0.1, 0.15) is 0 Å². The Labute approximate surface area is 132 Å². The lowest BCUT2D eigenvalue weighted by molar-refractivity contribution is 0.0588. The summed E-state index contributed by atoms with van der Waals surface area (Å²) in [5.74, 6) is 1.59. The molecule has 1 aliphatic rings. The average Bonchev–Trinajstić information content (AvgIpc) is 2.89. The first-order valence-electron chi connectivity index (χ1n) is 8.04. The van der Waals surface area contributed by atoms with E-state index in [0.29, 0.717) is 24.8 Å². The highest BCUT2D eigenvalue weighted by Crippen LogP contribution is 2.11. The van der Waals surface area contributed by atoms with Gasteiger partial charge in [-0.2, -0.15) is 4.98 Å². The van der Waals surface area contributed by atoms with Crippen LogP contribution in [0.4, 0.5) is 0 Å². The number of β-amino-alcohol motifs (C(OH)–C–C–N with tert-alkyl or cyclic N) is 1. The van der Waals surface area contributed by atoms with Gasteiger partial charge >= 0.3 is 0 Å². The normalized spacial score (nSPS) is 19.2. The maximum absolute atomic E-state index is 10.2. The monoisotopic (exact) mass is 311 g/mol. The molecule has 0 bridgehead atoms. The number of rotatable bonds is 7. The lowest BCUT2D eigenvalue weighted by atomic mass is 10.2. The molecule has 1 N–H and O–H groups in total. The molecule has 22 heavy (non-hydrogen) atoms. The van der Waals surface area contributed by atoms with Crippen molar-refractivity contribution in [2.45, 2.75) is 32.4 Å². The SMILES string of the molecule is CC(C)c1nc(CN(C)CC(O)CN2CCN(C)CC2)no1. The third kappa shape index (κ3) is 5.31. The molecule has 7 nitrogen and oxygen atoms in total. The Morgan fingerprint density at radius 3 is 2.55 bits per heavy atom. The zero-order chi connectivity index (χ0) is 16.1. The van der Waals surface area contributed by atoms with Gasteiger partial charge < -0.3 is 14.5 Å². The summed E-state index contributed by atoms with van der Waals surface area (Å²) in [4.78, 5) is 11.0. The molecule has 0 aromatic carbocycles. The molecule has 0 spiro atoms.